The summed E-state index contributed by atoms with van der Waals surface area (Å²) in [4.78, 5) is 41.2. The third-order valence-corrected chi connectivity index (χ3v) is 7.53. The highest BCUT2D eigenvalue weighted by molar-refractivity contribution is 6.31. The van der Waals surface area contributed by atoms with Crippen molar-refractivity contribution in [2.45, 2.75) is 71.9 Å². The van der Waals surface area contributed by atoms with E-state index in [2.05, 4.69) is 5.32 Å². The van der Waals surface area contributed by atoms with Crippen molar-refractivity contribution in [3.8, 4) is 11.1 Å². The topological polar surface area (TPSA) is 98.7 Å². The summed E-state index contributed by atoms with van der Waals surface area (Å²) < 4.78 is 13.6. The second-order valence-corrected chi connectivity index (χ2v) is 11.2. The van der Waals surface area contributed by atoms with Gasteiger partial charge in [0.25, 0.3) is 0 Å². The van der Waals surface area contributed by atoms with Crippen molar-refractivity contribution in [1.29, 1.82) is 0 Å². The van der Waals surface area contributed by atoms with Crippen LogP contribution in [0, 0.1) is 23.6 Å². The minimum absolute atomic E-state index is 0.0487. The number of rotatable bonds is 11. The quantitative estimate of drug-likeness (QED) is 0.242. The summed E-state index contributed by atoms with van der Waals surface area (Å²) in [5.74, 6) is -2.72. The molecule has 3 rings (SSSR count). The van der Waals surface area contributed by atoms with E-state index in [4.69, 9.17) is 11.6 Å². The molecule has 3 atom stereocenters. The van der Waals surface area contributed by atoms with Crippen LogP contribution in [0.25, 0.3) is 11.1 Å². The lowest BCUT2D eigenvalue weighted by Crippen LogP contribution is -2.51. The Morgan fingerprint density at radius 3 is 2.51 bits per heavy atom. The molecule has 0 aromatic heterocycles. The monoisotopic (exact) mass is 559 g/mol. The van der Waals surface area contributed by atoms with Gasteiger partial charge in [-0.1, -0.05) is 63.1 Å². The van der Waals surface area contributed by atoms with Crippen LogP contribution in [0.3, 0.4) is 0 Å². The highest BCUT2D eigenvalue weighted by atomic mass is 35.5. The smallest absolute Gasteiger partial charge is 0.247 e. The maximum absolute atomic E-state index is 13.6. The number of likely N-dealkylation sites (tertiary alicyclic amines) is 1. The minimum atomic E-state index is -0.687. The van der Waals surface area contributed by atoms with Crippen LogP contribution < -0.4 is 10.8 Å². The maximum Gasteiger partial charge on any atom is 0.247 e. The zero-order valence-corrected chi connectivity index (χ0v) is 23.6. The van der Waals surface area contributed by atoms with Crippen LogP contribution in [0.15, 0.2) is 42.5 Å². The molecule has 2 aromatic rings. The molecule has 2 aromatic carbocycles. The molecule has 212 valence electrons. The minimum Gasteiger partial charge on any atom is -0.344 e. The van der Waals surface area contributed by atoms with Crippen LogP contribution in [0.4, 0.5) is 4.39 Å². The van der Waals surface area contributed by atoms with E-state index >= 15 is 0 Å². The SMILES string of the molecule is CCC[C@H](C(=O)NO)[C@@H](CC(C)C)C(=O)N[C@H]1CCCCN(Cc2cccc(-c3ccc(F)c(Cl)c3)c2)C1=O. The van der Waals surface area contributed by atoms with Gasteiger partial charge in [0.2, 0.25) is 17.7 Å². The molecule has 0 spiro atoms. The van der Waals surface area contributed by atoms with E-state index < -0.39 is 29.6 Å². The number of hydrogen-bond donors (Lipinski definition) is 3. The molecule has 1 fully saturated rings. The number of nitrogens with zero attached hydrogens (tertiary/aromatic N) is 1. The van der Waals surface area contributed by atoms with Crippen LogP contribution in [-0.4, -0.2) is 40.4 Å². The van der Waals surface area contributed by atoms with Crippen LogP contribution in [-0.2, 0) is 20.9 Å². The summed E-state index contributed by atoms with van der Waals surface area (Å²) >= 11 is 5.97. The molecule has 3 amide bonds. The van der Waals surface area contributed by atoms with Crippen LogP contribution in [0.1, 0.15) is 64.9 Å². The number of hydroxylamine groups is 1. The van der Waals surface area contributed by atoms with Gasteiger partial charge >= 0.3 is 0 Å². The van der Waals surface area contributed by atoms with Gasteiger partial charge in [0.15, 0.2) is 0 Å². The maximum atomic E-state index is 13.6. The van der Waals surface area contributed by atoms with E-state index in [1.54, 1.807) is 22.5 Å². The number of carbonyl (C=O) groups is 3. The van der Waals surface area contributed by atoms with Gasteiger partial charge in [-0.2, -0.15) is 0 Å². The molecule has 9 heteroatoms. The van der Waals surface area contributed by atoms with Gasteiger partial charge in [-0.15, -0.1) is 0 Å². The van der Waals surface area contributed by atoms with Crippen molar-refractivity contribution in [3.63, 3.8) is 0 Å². The van der Waals surface area contributed by atoms with Crippen LogP contribution in [0.5, 0.6) is 0 Å². The molecule has 0 bridgehead atoms. The number of nitrogens with one attached hydrogen (secondary N) is 2. The van der Waals surface area contributed by atoms with Crippen molar-refractivity contribution in [1.82, 2.24) is 15.7 Å². The highest BCUT2D eigenvalue weighted by Crippen LogP contribution is 2.28. The molecular formula is C30H39ClFN3O4. The second kappa shape index (κ2) is 14.4. The van der Waals surface area contributed by atoms with Gasteiger partial charge in [0, 0.05) is 19.0 Å². The van der Waals surface area contributed by atoms with E-state index in [1.165, 1.54) is 6.07 Å². The molecule has 1 saturated heterocycles. The lowest BCUT2D eigenvalue weighted by molar-refractivity contribution is -0.143. The van der Waals surface area contributed by atoms with Gasteiger partial charge in [0.1, 0.15) is 11.9 Å². The predicted molar refractivity (Wildman–Crippen MR) is 149 cm³/mol. The number of benzene rings is 2. The number of carbonyl (C=O) groups excluding carboxylic acids is 3. The fourth-order valence-corrected chi connectivity index (χ4v) is 5.47. The molecule has 0 radical (unpaired) electrons. The van der Waals surface area contributed by atoms with Gasteiger partial charge in [-0.05, 0) is 72.9 Å². The Kier molecular flexibility index (Phi) is 11.3. The molecular weight excluding hydrogens is 521 g/mol. The summed E-state index contributed by atoms with van der Waals surface area (Å²) in [6.07, 6.45) is 3.72. The number of halogens is 2. The Morgan fingerprint density at radius 2 is 1.85 bits per heavy atom. The van der Waals surface area contributed by atoms with E-state index in [0.717, 1.165) is 29.5 Å². The zero-order valence-electron chi connectivity index (χ0n) is 22.9. The lowest BCUT2D eigenvalue weighted by Gasteiger charge is -2.29. The third kappa shape index (κ3) is 8.26. The Labute approximate surface area is 235 Å². The summed E-state index contributed by atoms with van der Waals surface area (Å²) in [6, 6.07) is 11.6. The summed E-state index contributed by atoms with van der Waals surface area (Å²) in [5.41, 5.74) is 4.27. The summed E-state index contributed by atoms with van der Waals surface area (Å²) in [5, 5.41) is 12.3. The highest BCUT2D eigenvalue weighted by Gasteiger charge is 2.36. The average molecular weight is 560 g/mol. The van der Waals surface area contributed by atoms with Gasteiger partial charge in [-0.3, -0.25) is 19.6 Å². The van der Waals surface area contributed by atoms with Crippen molar-refractivity contribution < 1.29 is 24.0 Å². The van der Waals surface area contributed by atoms with Crippen molar-refractivity contribution in [2.75, 3.05) is 6.54 Å². The number of hydrogen-bond acceptors (Lipinski definition) is 4. The zero-order chi connectivity index (χ0) is 28.5. The fraction of sp³-hybridized carbons (Fsp3) is 0.500. The number of amides is 3. The van der Waals surface area contributed by atoms with Gasteiger partial charge < -0.3 is 10.2 Å². The Bertz CT molecular complexity index is 1160. The standard InChI is InChI=1S/C30H39ClFN3O4/c1-4-8-23(29(37)34-39)24(15-19(2)3)28(36)33-27-11-5-6-14-35(30(27)38)18-20-9-7-10-21(16-20)22-12-13-26(32)25(31)17-22/h7,9-10,12-13,16-17,19,23-24,27,39H,4-6,8,11,14-15,18H2,1-3H3,(H,33,36)(H,34,37)/t23-,24+,27-/m0/s1. The molecule has 1 heterocycles. The first-order valence-corrected chi connectivity index (χ1v) is 14.1. The Balaban J connectivity index is 1.77. The second-order valence-electron chi connectivity index (χ2n) is 10.8. The van der Waals surface area contributed by atoms with Crippen molar-refractivity contribution in [3.05, 3.63) is 58.9 Å². The van der Waals surface area contributed by atoms with Gasteiger partial charge in [0.05, 0.1) is 10.9 Å². The molecule has 1 aliphatic heterocycles. The fourth-order valence-electron chi connectivity index (χ4n) is 5.29. The first kappa shape index (κ1) is 30.6. The van der Waals surface area contributed by atoms with Crippen LogP contribution >= 0.6 is 11.6 Å². The predicted octanol–water partition coefficient (Wildman–Crippen LogP) is 5.73. The molecule has 0 aliphatic carbocycles. The van der Waals surface area contributed by atoms with E-state index in [9.17, 15) is 24.0 Å². The average Bonchev–Trinajstić information content (AvgIpc) is 3.08. The van der Waals surface area contributed by atoms with E-state index in [0.29, 0.717) is 38.8 Å². The molecule has 1 aliphatic rings. The van der Waals surface area contributed by atoms with E-state index in [-0.39, 0.29) is 22.8 Å². The molecule has 0 saturated carbocycles. The molecule has 7 nitrogen and oxygen atoms in total. The van der Waals surface area contributed by atoms with Crippen LogP contribution in [0.2, 0.25) is 5.02 Å². The third-order valence-electron chi connectivity index (χ3n) is 7.24. The normalized spacial score (nSPS) is 17.5. The Morgan fingerprint density at radius 1 is 1.10 bits per heavy atom. The summed E-state index contributed by atoms with van der Waals surface area (Å²) in [6.45, 7) is 6.82. The van der Waals surface area contributed by atoms with E-state index in [1.807, 2.05) is 45.0 Å². The molecule has 3 N–H and O–H groups in total. The lowest BCUT2D eigenvalue weighted by atomic mass is 9.81. The largest absolute Gasteiger partial charge is 0.344 e. The van der Waals surface area contributed by atoms with Gasteiger partial charge in [-0.25, -0.2) is 9.87 Å². The first-order valence-electron chi connectivity index (χ1n) is 13.7. The molecule has 39 heavy (non-hydrogen) atoms. The molecule has 0 unspecified atom stereocenters. The summed E-state index contributed by atoms with van der Waals surface area (Å²) in [7, 11) is 0. The van der Waals surface area contributed by atoms with Crippen molar-refractivity contribution in [2.24, 2.45) is 17.8 Å². The first-order chi connectivity index (χ1) is 18.6. The van der Waals surface area contributed by atoms with Crippen molar-refractivity contribution >= 4 is 29.3 Å². The Hall–Kier alpha value is -2.97.